The van der Waals surface area contributed by atoms with Crippen molar-refractivity contribution >= 4 is 17.5 Å². The number of halogens is 4. The van der Waals surface area contributed by atoms with E-state index >= 15 is 0 Å². The third-order valence-electron chi connectivity index (χ3n) is 5.80. The molecule has 2 heterocycles. The number of alkyl halides is 3. The number of nitrogens with zero attached hydrogens (tertiary/aromatic N) is 1. The van der Waals surface area contributed by atoms with Crippen molar-refractivity contribution in [1.82, 2.24) is 15.6 Å². The number of benzene rings is 2. The average Bonchev–Trinajstić information content (AvgIpc) is 2.83. The Morgan fingerprint density at radius 3 is 2.52 bits per heavy atom. The number of pyridine rings is 1. The summed E-state index contributed by atoms with van der Waals surface area (Å²) in [6, 6.07) is 17.9. The van der Waals surface area contributed by atoms with Crippen molar-refractivity contribution in [2.24, 2.45) is 0 Å². The van der Waals surface area contributed by atoms with E-state index in [0.717, 1.165) is 54.8 Å². The van der Waals surface area contributed by atoms with Gasteiger partial charge < -0.3 is 10.6 Å². The Morgan fingerprint density at radius 1 is 1.06 bits per heavy atom. The second-order valence-electron chi connectivity index (χ2n) is 8.02. The number of piperidine rings is 1. The van der Waals surface area contributed by atoms with Gasteiger partial charge in [-0.25, -0.2) is 4.98 Å². The van der Waals surface area contributed by atoms with Crippen LogP contribution in [-0.2, 0) is 6.18 Å². The lowest BCUT2D eigenvalue weighted by molar-refractivity contribution is -0.137. The second kappa shape index (κ2) is 9.93. The molecule has 4 nitrogen and oxygen atoms in total. The molecule has 3 aromatic rings. The van der Waals surface area contributed by atoms with Crippen LogP contribution in [-0.4, -0.2) is 23.5 Å². The smallest absolute Gasteiger partial charge is 0.342 e. The van der Waals surface area contributed by atoms with Crippen molar-refractivity contribution in [1.29, 1.82) is 0 Å². The maximum absolute atomic E-state index is 13.3. The number of carbonyl (C=O) groups is 1. The summed E-state index contributed by atoms with van der Waals surface area (Å²) in [5.41, 5.74) is 1.35. The SMILES string of the molecule is O=C(NC(c1cccc(-c2ccccc2)c1)[C@@H]1CCCCN1)c1nccc(C(F)(F)F)c1Cl. The molecule has 2 atom stereocenters. The van der Waals surface area contributed by atoms with Gasteiger partial charge in [0.1, 0.15) is 5.69 Å². The van der Waals surface area contributed by atoms with E-state index in [0.29, 0.717) is 0 Å². The Bertz CT molecular complexity index is 1120. The van der Waals surface area contributed by atoms with Gasteiger partial charge in [0.2, 0.25) is 0 Å². The van der Waals surface area contributed by atoms with Gasteiger partial charge in [0.05, 0.1) is 16.6 Å². The van der Waals surface area contributed by atoms with Gasteiger partial charge in [-0.3, -0.25) is 4.79 Å². The highest BCUT2D eigenvalue weighted by atomic mass is 35.5. The summed E-state index contributed by atoms with van der Waals surface area (Å²) in [7, 11) is 0. The van der Waals surface area contributed by atoms with Crippen LogP contribution in [0.4, 0.5) is 13.2 Å². The number of amides is 1. The highest BCUT2D eigenvalue weighted by Crippen LogP contribution is 2.36. The largest absolute Gasteiger partial charge is 0.417 e. The summed E-state index contributed by atoms with van der Waals surface area (Å²) in [4.78, 5) is 16.9. The van der Waals surface area contributed by atoms with E-state index in [1.807, 2.05) is 54.6 Å². The molecule has 172 valence electrons. The lowest BCUT2D eigenvalue weighted by Gasteiger charge is -2.32. The zero-order valence-corrected chi connectivity index (χ0v) is 18.5. The quantitative estimate of drug-likeness (QED) is 0.475. The predicted molar refractivity (Wildman–Crippen MR) is 122 cm³/mol. The van der Waals surface area contributed by atoms with Crippen LogP contribution in [0.5, 0.6) is 0 Å². The summed E-state index contributed by atoms with van der Waals surface area (Å²) in [5.74, 6) is -0.742. The third-order valence-corrected chi connectivity index (χ3v) is 6.18. The van der Waals surface area contributed by atoms with Crippen molar-refractivity contribution < 1.29 is 18.0 Å². The molecule has 1 unspecified atom stereocenters. The summed E-state index contributed by atoms with van der Waals surface area (Å²) in [5, 5.41) is 5.64. The van der Waals surface area contributed by atoms with Gasteiger partial charge in [-0.05, 0) is 48.2 Å². The van der Waals surface area contributed by atoms with Crippen LogP contribution in [0.3, 0.4) is 0 Å². The molecule has 1 saturated heterocycles. The van der Waals surface area contributed by atoms with Crippen molar-refractivity contribution in [2.75, 3.05) is 6.54 Å². The van der Waals surface area contributed by atoms with Crippen LogP contribution >= 0.6 is 11.6 Å². The second-order valence-corrected chi connectivity index (χ2v) is 8.40. The van der Waals surface area contributed by atoms with Gasteiger partial charge in [0, 0.05) is 12.2 Å². The Kier molecular flexibility index (Phi) is 7.00. The molecule has 0 aliphatic carbocycles. The Morgan fingerprint density at radius 2 is 1.82 bits per heavy atom. The predicted octanol–water partition coefficient (Wildman–Crippen LogP) is 6.03. The molecule has 4 rings (SSSR count). The summed E-state index contributed by atoms with van der Waals surface area (Å²) < 4.78 is 39.8. The van der Waals surface area contributed by atoms with E-state index < -0.39 is 34.4 Å². The van der Waals surface area contributed by atoms with Crippen LogP contribution in [0.1, 0.15) is 46.9 Å². The highest BCUT2D eigenvalue weighted by molar-refractivity contribution is 6.34. The molecule has 8 heteroatoms. The summed E-state index contributed by atoms with van der Waals surface area (Å²) >= 11 is 5.95. The molecular formula is C25H23ClF3N3O. The molecule has 0 bridgehead atoms. The fourth-order valence-corrected chi connectivity index (χ4v) is 4.46. The molecule has 1 aromatic heterocycles. The highest BCUT2D eigenvalue weighted by Gasteiger charge is 2.36. The van der Waals surface area contributed by atoms with E-state index in [2.05, 4.69) is 15.6 Å². The minimum Gasteiger partial charge on any atom is -0.342 e. The molecule has 1 aliphatic rings. The van der Waals surface area contributed by atoms with Gasteiger partial charge in [0.25, 0.3) is 5.91 Å². The minimum atomic E-state index is -4.68. The first-order valence-electron chi connectivity index (χ1n) is 10.8. The molecular weight excluding hydrogens is 451 g/mol. The van der Waals surface area contributed by atoms with Gasteiger partial charge >= 0.3 is 6.18 Å². The molecule has 2 N–H and O–H groups in total. The van der Waals surface area contributed by atoms with E-state index in [1.54, 1.807) is 0 Å². The minimum absolute atomic E-state index is 0.0710. The van der Waals surface area contributed by atoms with Crippen LogP contribution in [0.2, 0.25) is 5.02 Å². The van der Waals surface area contributed by atoms with Gasteiger partial charge in [0.15, 0.2) is 0 Å². The topological polar surface area (TPSA) is 54.0 Å². The van der Waals surface area contributed by atoms with E-state index in [-0.39, 0.29) is 6.04 Å². The first kappa shape index (κ1) is 23.3. The Balaban J connectivity index is 1.68. The maximum Gasteiger partial charge on any atom is 0.417 e. The maximum atomic E-state index is 13.3. The molecule has 1 aliphatic heterocycles. The number of carbonyl (C=O) groups excluding carboxylic acids is 1. The van der Waals surface area contributed by atoms with Gasteiger partial charge in [-0.15, -0.1) is 0 Å². The number of rotatable bonds is 5. The third kappa shape index (κ3) is 5.37. The van der Waals surface area contributed by atoms with Crippen LogP contribution in [0.15, 0.2) is 66.9 Å². The van der Waals surface area contributed by atoms with Crippen molar-refractivity contribution in [3.05, 3.63) is 88.7 Å². The molecule has 0 spiro atoms. The van der Waals surface area contributed by atoms with E-state index in [1.165, 1.54) is 0 Å². The van der Waals surface area contributed by atoms with Crippen molar-refractivity contribution in [2.45, 2.75) is 37.5 Å². The molecule has 33 heavy (non-hydrogen) atoms. The zero-order valence-electron chi connectivity index (χ0n) is 17.7. The number of aromatic nitrogens is 1. The molecule has 0 saturated carbocycles. The fourth-order valence-electron chi connectivity index (χ4n) is 4.15. The number of nitrogens with one attached hydrogen (secondary N) is 2. The first-order chi connectivity index (χ1) is 15.8. The van der Waals surface area contributed by atoms with Gasteiger partial charge in [-0.2, -0.15) is 13.2 Å². The van der Waals surface area contributed by atoms with E-state index in [4.69, 9.17) is 11.6 Å². The van der Waals surface area contributed by atoms with Crippen molar-refractivity contribution in [3.8, 4) is 11.1 Å². The average molecular weight is 474 g/mol. The summed E-state index contributed by atoms with van der Waals surface area (Å²) in [6.07, 6.45) is -0.881. The molecule has 0 radical (unpaired) electrons. The molecule has 1 amide bonds. The van der Waals surface area contributed by atoms with Crippen LogP contribution in [0, 0.1) is 0 Å². The molecule has 1 fully saturated rings. The Hall–Kier alpha value is -2.90. The van der Waals surface area contributed by atoms with Crippen LogP contribution < -0.4 is 10.6 Å². The normalized spacial score (nSPS) is 17.4. The van der Waals surface area contributed by atoms with Crippen LogP contribution in [0.25, 0.3) is 11.1 Å². The summed E-state index contributed by atoms with van der Waals surface area (Å²) in [6.45, 7) is 0.804. The van der Waals surface area contributed by atoms with Crippen molar-refractivity contribution in [3.63, 3.8) is 0 Å². The number of hydrogen-bond acceptors (Lipinski definition) is 3. The first-order valence-corrected chi connectivity index (χ1v) is 11.1. The Labute approximate surface area is 195 Å². The standard InChI is InChI=1S/C25H23ClF3N3O/c26-21-19(25(27,28)29)12-14-31-23(21)24(33)32-22(20-11-4-5-13-30-20)18-10-6-9-17(15-18)16-7-2-1-3-8-16/h1-3,6-10,12,14-15,20,22,30H,4-5,11,13H2,(H,32,33)/t20-,22?/m0/s1. The van der Waals surface area contributed by atoms with Gasteiger partial charge in [-0.1, -0.05) is 66.6 Å². The lowest BCUT2D eigenvalue weighted by Crippen LogP contribution is -2.46. The lowest BCUT2D eigenvalue weighted by atomic mass is 9.90. The fraction of sp³-hybridized carbons (Fsp3) is 0.280. The number of hydrogen-bond donors (Lipinski definition) is 2. The zero-order chi connectivity index (χ0) is 23.4. The molecule has 2 aromatic carbocycles. The monoisotopic (exact) mass is 473 g/mol. The van der Waals surface area contributed by atoms with E-state index in [9.17, 15) is 18.0 Å².